The van der Waals surface area contributed by atoms with Crippen LogP contribution in [0.5, 0.6) is 0 Å². The highest BCUT2D eigenvalue weighted by molar-refractivity contribution is 5.89. The summed E-state index contributed by atoms with van der Waals surface area (Å²) in [6.07, 6.45) is 22.4. The second kappa shape index (κ2) is 20.0. The monoisotopic (exact) mass is 408 g/mol. The maximum absolute atomic E-state index is 12.2. The lowest BCUT2D eigenvalue weighted by molar-refractivity contribution is -0.142. The molecule has 0 aliphatic carbocycles. The van der Waals surface area contributed by atoms with E-state index in [1.54, 1.807) is 0 Å². The largest absolute Gasteiger partial charge is 0.273 e. The first-order chi connectivity index (χ1) is 14.0. The van der Waals surface area contributed by atoms with Crippen molar-refractivity contribution in [1.29, 1.82) is 0 Å². The van der Waals surface area contributed by atoms with Gasteiger partial charge in [-0.15, -0.1) is 0 Å². The Hall–Kier alpha value is -1.32. The van der Waals surface area contributed by atoms with Crippen molar-refractivity contribution in [3.8, 4) is 0 Å². The molecule has 0 saturated heterocycles. The van der Waals surface area contributed by atoms with Crippen LogP contribution in [0.3, 0.4) is 0 Å². The van der Waals surface area contributed by atoms with Crippen molar-refractivity contribution in [3.63, 3.8) is 0 Å². The zero-order chi connectivity index (χ0) is 21.7. The summed E-state index contributed by atoms with van der Waals surface area (Å²) in [4.78, 5) is 23.7. The van der Waals surface area contributed by atoms with Crippen molar-refractivity contribution < 1.29 is 9.59 Å². The second-order valence-corrected chi connectivity index (χ2v) is 8.63. The summed E-state index contributed by atoms with van der Waals surface area (Å²) in [6, 6.07) is 0. The number of unbranched alkanes of at least 4 members (excludes halogenated alkanes) is 15. The van der Waals surface area contributed by atoms with Crippen molar-refractivity contribution >= 4 is 11.8 Å². The molecule has 0 fully saturated rings. The Morgan fingerprint density at radius 2 is 1.14 bits per heavy atom. The molecule has 0 aromatic rings. The van der Waals surface area contributed by atoms with E-state index >= 15 is 0 Å². The standard InChI is InChI=1S/C25H48N2O2/c1-5-7-8-9-10-11-12-13-14-15-16-17-18-19-20-21-22-27(25(29)23(3)4)26-24(28)6-2/h6,23H,2,5,7-22H2,1,3-4H3,(H,26,28). The number of hydrogen-bond acceptors (Lipinski definition) is 2. The summed E-state index contributed by atoms with van der Waals surface area (Å²) in [5, 5.41) is 1.46. The number of hydrazine groups is 1. The lowest BCUT2D eigenvalue weighted by Gasteiger charge is -2.24. The quantitative estimate of drug-likeness (QED) is 0.143. The minimum absolute atomic E-state index is 0.0406. The van der Waals surface area contributed by atoms with Crippen LogP contribution in [0.1, 0.15) is 124 Å². The van der Waals surface area contributed by atoms with Gasteiger partial charge in [0.1, 0.15) is 0 Å². The van der Waals surface area contributed by atoms with Crippen LogP contribution in [-0.4, -0.2) is 23.4 Å². The average molecular weight is 409 g/mol. The highest BCUT2D eigenvalue weighted by atomic mass is 16.2. The third kappa shape index (κ3) is 17.3. The molecule has 4 heteroatoms. The van der Waals surface area contributed by atoms with Crippen LogP contribution in [0.25, 0.3) is 0 Å². The molecule has 0 saturated carbocycles. The zero-order valence-electron chi connectivity index (χ0n) is 19.6. The van der Waals surface area contributed by atoms with Gasteiger partial charge in [-0.1, -0.05) is 124 Å². The molecule has 0 bridgehead atoms. The fourth-order valence-electron chi connectivity index (χ4n) is 3.53. The summed E-state index contributed by atoms with van der Waals surface area (Å²) in [6.45, 7) is 10.00. The minimum Gasteiger partial charge on any atom is -0.273 e. The maximum Gasteiger partial charge on any atom is 0.261 e. The van der Waals surface area contributed by atoms with Gasteiger partial charge in [-0.25, -0.2) is 0 Å². The van der Waals surface area contributed by atoms with Crippen molar-refractivity contribution in [2.75, 3.05) is 6.54 Å². The first-order valence-corrected chi connectivity index (χ1v) is 12.3. The molecule has 0 aliphatic rings. The Morgan fingerprint density at radius 3 is 1.48 bits per heavy atom. The van der Waals surface area contributed by atoms with Crippen molar-refractivity contribution in [3.05, 3.63) is 12.7 Å². The molecule has 0 spiro atoms. The lowest BCUT2D eigenvalue weighted by Crippen LogP contribution is -2.47. The summed E-state index contributed by atoms with van der Waals surface area (Å²) in [7, 11) is 0. The highest BCUT2D eigenvalue weighted by Gasteiger charge is 2.17. The van der Waals surface area contributed by atoms with Gasteiger partial charge in [0, 0.05) is 12.5 Å². The van der Waals surface area contributed by atoms with Crippen molar-refractivity contribution in [1.82, 2.24) is 10.4 Å². The fraction of sp³-hybridized carbons (Fsp3) is 0.840. The maximum atomic E-state index is 12.2. The average Bonchev–Trinajstić information content (AvgIpc) is 2.71. The van der Waals surface area contributed by atoms with Crippen molar-refractivity contribution in [2.24, 2.45) is 5.92 Å². The smallest absolute Gasteiger partial charge is 0.261 e. The van der Waals surface area contributed by atoms with Crippen LogP contribution in [0.2, 0.25) is 0 Å². The second-order valence-electron chi connectivity index (χ2n) is 8.63. The van der Waals surface area contributed by atoms with Crippen molar-refractivity contribution in [2.45, 2.75) is 124 Å². The number of carbonyl (C=O) groups excluding carboxylic acids is 2. The first-order valence-electron chi connectivity index (χ1n) is 12.3. The molecule has 2 amide bonds. The Balaban J connectivity index is 3.53. The lowest BCUT2D eigenvalue weighted by atomic mass is 10.0. The fourth-order valence-corrected chi connectivity index (χ4v) is 3.53. The summed E-state index contributed by atoms with van der Waals surface area (Å²) < 4.78 is 0. The van der Waals surface area contributed by atoms with Crippen LogP contribution in [-0.2, 0) is 9.59 Å². The number of rotatable bonds is 19. The molecular formula is C25H48N2O2. The topological polar surface area (TPSA) is 49.4 Å². The van der Waals surface area contributed by atoms with Crippen LogP contribution < -0.4 is 5.43 Å². The molecule has 0 radical (unpaired) electrons. The molecule has 0 aliphatic heterocycles. The number of carbonyl (C=O) groups is 2. The predicted octanol–water partition coefficient (Wildman–Crippen LogP) is 6.95. The molecule has 0 unspecified atom stereocenters. The Bertz CT molecular complexity index is 421. The molecule has 4 nitrogen and oxygen atoms in total. The summed E-state index contributed by atoms with van der Waals surface area (Å²) >= 11 is 0. The first kappa shape index (κ1) is 27.7. The molecule has 1 N–H and O–H groups in total. The van der Waals surface area contributed by atoms with Gasteiger partial charge in [0.05, 0.1) is 0 Å². The molecule has 0 aromatic heterocycles. The Morgan fingerprint density at radius 1 is 0.759 bits per heavy atom. The van der Waals surface area contributed by atoms with E-state index < -0.39 is 0 Å². The molecule has 0 aromatic carbocycles. The zero-order valence-corrected chi connectivity index (χ0v) is 19.6. The van der Waals surface area contributed by atoms with Gasteiger partial charge < -0.3 is 0 Å². The van der Waals surface area contributed by atoms with Gasteiger partial charge in [-0.05, 0) is 12.5 Å². The summed E-state index contributed by atoms with van der Waals surface area (Å²) in [5.74, 6) is -0.488. The van der Waals surface area contributed by atoms with E-state index in [1.807, 2.05) is 13.8 Å². The van der Waals surface area contributed by atoms with E-state index in [-0.39, 0.29) is 17.7 Å². The van der Waals surface area contributed by atoms with Crippen LogP contribution >= 0.6 is 0 Å². The normalized spacial score (nSPS) is 10.9. The Kier molecular flexibility index (Phi) is 19.1. The number of hydrogen-bond donors (Lipinski definition) is 1. The number of nitrogens with zero attached hydrogens (tertiary/aromatic N) is 1. The highest BCUT2D eigenvalue weighted by Crippen LogP contribution is 2.14. The molecule has 170 valence electrons. The number of nitrogens with one attached hydrogen (secondary N) is 1. The third-order valence-electron chi connectivity index (χ3n) is 5.43. The van der Waals surface area contributed by atoms with Gasteiger partial charge in [-0.3, -0.25) is 20.0 Å². The predicted molar refractivity (Wildman–Crippen MR) is 124 cm³/mol. The van der Waals surface area contributed by atoms with E-state index in [2.05, 4.69) is 18.9 Å². The molecule has 29 heavy (non-hydrogen) atoms. The molecule has 0 atom stereocenters. The summed E-state index contributed by atoms with van der Waals surface area (Å²) in [5.41, 5.74) is 2.63. The van der Waals surface area contributed by atoms with Gasteiger partial charge in [0.2, 0.25) is 5.91 Å². The van der Waals surface area contributed by atoms with Crippen LogP contribution in [0.4, 0.5) is 0 Å². The van der Waals surface area contributed by atoms with Gasteiger partial charge in [-0.2, -0.15) is 0 Å². The van der Waals surface area contributed by atoms with Gasteiger partial charge in [0.15, 0.2) is 0 Å². The van der Waals surface area contributed by atoms with Crippen LogP contribution in [0.15, 0.2) is 12.7 Å². The van der Waals surface area contributed by atoms with E-state index in [4.69, 9.17) is 0 Å². The van der Waals surface area contributed by atoms with E-state index in [0.29, 0.717) is 6.54 Å². The van der Waals surface area contributed by atoms with E-state index in [0.717, 1.165) is 12.8 Å². The molecule has 0 heterocycles. The molecular weight excluding hydrogens is 360 g/mol. The minimum atomic E-state index is -0.324. The Labute approximate surface area is 180 Å². The van der Waals surface area contributed by atoms with Crippen LogP contribution in [0, 0.1) is 5.92 Å². The van der Waals surface area contributed by atoms with E-state index in [9.17, 15) is 9.59 Å². The van der Waals surface area contributed by atoms with Gasteiger partial charge >= 0.3 is 0 Å². The van der Waals surface area contributed by atoms with E-state index in [1.165, 1.54) is 101 Å². The number of amides is 2. The SMILES string of the molecule is C=CC(=O)NN(CCCCCCCCCCCCCCCCCC)C(=O)C(C)C. The van der Waals surface area contributed by atoms with Gasteiger partial charge in [0.25, 0.3) is 5.91 Å². The molecule has 0 rings (SSSR count). The third-order valence-corrected chi connectivity index (χ3v) is 5.43.